The number of nitrogens with one attached hydrogen (secondary N) is 1. The van der Waals surface area contributed by atoms with Gasteiger partial charge in [-0.15, -0.1) is 0 Å². The summed E-state index contributed by atoms with van der Waals surface area (Å²) in [6.07, 6.45) is 0. The van der Waals surface area contributed by atoms with Gasteiger partial charge in [0.25, 0.3) is 0 Å². The van der Waals surface area contributed by atoms with Gasteiger partial charge in [-0.2, -0.15) is 0 Å². The molecule has 1 saturated heterocycles. The van der Waals surface area contributed by atoms with Crippen molar-refractivity contribution in [2.24, 2.45) is 5.92 Å². The summed E-state index contributed by atoms with van der Waals surface area (Å²) in [6.45, 7) is 4.22. The van der Waals surface area contributed by atoms with Crippen LogP contribution in [0.25, 0.3) is 0 Å². The van der Waals surface area contributed by atoms with Crippen LogP contribution in [-0.2, 0) is 4.74 Å². The maximum absolute atomic E-state index is 12.1. The Hall–Kier alpha value is -2.53. The monoisotopic (exact) mass is 326 g/mol. The Bertz CT molecular complexity index is 694. The number of aryl methyl sites for hydroxylation is 1. The zero-order valence-electron chi connectivity index (χ0n) is 14.0. The quantitative estimate of drug-likeness (QED) is 0.906. The van der Waals surface area contributed by atoms with Crippen LogP contribution < -0.4 is 10.1 Å². The van der Waals surface area contributed by atoms with E-state index in [0.29, 0.717) is 12.5 Å². The van der Waals surface area contributed by atoms with Gasteiger partial charge >= 0.3 is 6.03 Å². The first kappa shape index (κ1) is 16.3. The average molecular weight is 326 g/mol. The highest BCUT2D eigenvalue weighted by molar-refractivity contribution is 5.89. The Balaban J connectivity index is 1.52. The van der Waals surface area contributed by atoms with Gasteiger partial charge in [-0.1, -0.05) is 12.1 Å². The summed E-state index contributed by atoms with van der Waals surface area (Å²) in [5, 5.41) is 2.90. The van der Waals surface area contributed by atoms with E-state index in [4.69, 9.17) is 9.47 Å². The van der Waals surface area contributed by atoms with E-state index in [0.717, 1.165) is 35.8 Å². The SMILES string of the molecule is COCC1CN(C(=O)Nc2ccc(Oc3cccc(C)c3)cc2)C1. The Morgan fingerprint density at radius 2 is 1.92 bits per heavy atom. The number of benzene rings is 2. The summed E-state index contributed by atoms with van der Waals surface area (Å²) < 4.78 is 10.9. The average Bonchev–Trinajstić information content (AvgIpc) is 2.52. The molecule has 5 heteroatoms. The third-order valence-electron chi connectivity index (χ3n) is 3.98. The number of hydrogen-bond donors (Lipinski definition) is 1. The van der Waals surface area contributed by atoms with Crippen LogP contribution in [0.2, 0.25) is 0 Å². The first-order valence-corrected chi connectivity index (χ1v) is 8.03. The molecule has 1 aliphatic heterocycles. The minimum absolute atomic E-state index is 0.0743. The van der Waals surface area contributed by atoms with E-state index < -0.39 is 0 Å². The molecule has 0 spiro atoms. The molecule has 2 amide bonds. The minimum Gasteiger partial charge on any atom is -0.457 e. The molecule has 24 heavy (non-hydrogen) atoms. The molecule has 1 heterocycles. The molecule has 0 unspecified atom stereocenters. The highest BCUT2D eigenvalue weighted by atomic mass is 16.5. The molecule has 1 fully saturated rings. The largest absolute Gasteiger partial charge is 0.457 e. The molecule has 0 saturated carbocycles. The fraction of sp³-hybridized carbons (Fsp3) is 0.316. The molecule has 126 valence electrons. The van der Waals surface area contributed by atoms with Crippen molar-refractivity contribution in [3.63, 3.8) is 0 Å². The highest BCUT2D eigenvalue weighted by Gasteiger charge is 2.30. The first-order chi connectivity index (χ1) is 11.6. The Kier molecular flexibility index (Phi) is 5.01. The van der Waals surface area contributed by atoms with Gasteiger partial charge in [0.1, 0.15) is 11.5 Å². The van der Waals surface area contributed by atoms with Gasteiger partial charge in [0, 0.05) is 31.8 Å². The second kappa shape index (κ2) is 7.36. The normalized spacial score (nSPS) is 14.2. The number of ether oxygens (including phenoxy) is 2. The zero-order chi connectivity index (χ0) is 16.9. The highest BCUT2D eigenvalue weighted by Crippen LogP contribution is 2.24. The van der Waals surface area contributed by atoms with E-state index in [1.54, 1.807) is 12.0 Å². The number of likely N-dealkylation sites (tertiary alicyclic amines) is 1. The number of carbonyl (C=O) groups is 1. The van der Waals surface area contributed by atoms with Crippen LogP contribution in [0.4, 0.5) is 10.5 Å². The van der Waals surface area contributed by atoms with E-state index in [1.807, 2.05) is 55.5 Å². The number of methoxy groups -OCH3 is 1. The number of nitrogens with zero attached hydrogens (tertiary/aromatic N) is 1. The van der Waals surface area contributed by atoms with Gasteiger partial charge < -0.3 is 19.7 Å². The van der Waals surface area contributed by atoms with Gasteiger partial charge in [-0.05, 0) is 48.9 Å². The van der Waals surface area contributed by atoms with Crippen LogP contribution in [0.5, 0.6) is 11.5 Å². The molecule has 0 bridgehead atoms. The third kappa shape index (κ3) is 4.06. The Morgan fingerprint density at radius 1 is 1.17 bits per heavy atom. The van der Waals surface area contributed by atoms with Crippen LogP contribution in [0, 0.1) is 12.8 Å². The standard InChI is InChI=1S/C19H22N2O3/c1-14-4-3-5-18(10-14)24-17-8-6-16(7-9-17)20-19(22)21-11-15(12-21)13-23-2/h3-10,15H,11-13H2,1-2H3,(H,20,22). The predicted molar refractivity (Wildman–Crippen MR) is 93.7 cm³/mol. The van der Waals surface area contributed by atoms with Crippen molar-refractivity contribution in [2.45, 2.75) is 6.92 Å². The number of amides is 2. The van der Waals surface area contributed by atoms with E-state index in [-0.39, 0.29) is 6.03 Å². The van der Waals surface area contributed by atoms with Gasteiger partial charge in [0.05, 0.1) is 6.61 Å². The summed E-state index contributed by atoms with van der Waals surface area (Å²) in [6, 6.07) is 15.2. The molecule has 5 nitrogen and oxygen atoms in total. The third-order valence-corrected chi connectivity index (χ3v) is 3.98. The summed E-state index contributed by atoms with van der Waals surface area (Å²) in [7, 11) is 1.68. The maximum atomic E-state index is 12.1. The molecule has 0 aromatic heterocycles. The Morgan fingerprint density at radius 3 is 2.58 bits per heavy atom. The van der Waals surface area contributed by atoms with E-state index >= 15 is 0 Å². The lowest BCUT2D eigenvalue weighted by Crippen LogP contribution is -2.53. The number of hydrogen-bond acceptors (Lipinski definition) is 3. The van der Waals surface area contributed by atoms with E-state index in [9.17, 15) is 4.79 Å². The molecule has 0 radical (unpaired) electrons. The summed E-state index contributed by atoms with van der Waals surface area (Å²) >= 11 is 0. The molecule has 1 N–H and O–H groups in total. The smallest absolute Gasteiger partial charge is 0.321 e. The van der Waals surface area contributed by atoms with Gasteiger partial charge in [-0.3, -0.25) is 0 Å². The topological polar surface area (TPSA) is 50.8 Å². The molecule has 3 rings (SSSR count). The van der Waals surface area contributed by atoms with Crippen molar-refractivity contribution >= 4 is 11.7 Å². The summed E-state index contributed by atoms with van der Waals surface area (Å²) in [5.74, 6) is 1.99. The number of urea groups is 1. The lowest BCUT2D eigenvalue weighted by molar-refractivity contribution is 0.0599. The fourth-order valence-electron chi connectivity index (χ4n) is 2.70. The van der Waals surface area contributed by atoms with Crippen LogP contribution in [-0.4, -0.2) is 37.7 Å². The zero-order valence-corrected chi connectivity index (χ0v) is 14.0. The maximum Gasteiger partial charge on any atom is 0.321 e. The number of carbonyl (C=O) groups excluding carboxylic acids is 1. The lowest BCUT2D eigenvalue weighted by Gasteiger charge is -2.38. The number of rotatable bonds is 5. The van der Waals surface area contributed by atoms with Gasteiger partial charge in [-0.25, -0.2) is 4.79 Å². The van der Waals surface area contributed by atoms with Crippen LogP contribution in [0.15, 0.2) is 48.5 Å². The van der Waals surface area contributed by atoms with Crippen molar-refractivity contribution in [1.82, 2.24) is 4.90 Å². The van der Waals surface area contributed by atoms with E-state index in [2.05, 4.69) is 5.32 Å². The fourth-order valence-corrected chi connectivity index (χ4v) is 2.70. The van der Waals surface area contributed by atoms with E-state index in [1.165, 1.54) is 0 Å². The molecular formula is C19H22N2O3. The van der Waals surface area contributed by atoms with Crippen LogP contribution in [0.3, 0.4) is 0 Å². The van der Waals surface area contributed by atoms with Crippen molar-refractivity contribution in [1.29, 1.82) is 0 Å². The van der Waals surface area contributed by atoms with Crippen molar-refractivity contribution in [2.75, 3.05) is 32.1 Å². The molecule has 0 aliphatic carbocycles. The predicted octanol–water partition coefficient (Wildman–Crippen LogP) is 3.90. The molecule has 0 atom stereocenters. The van der Waals surface area contributed by atoms with Crippen LogP contribution in [0.1, 0.15) is 5.56 Å². The van der Waals surface area contributed by atoms with Crippen LogP contribution >= 0.6 is 0 Å². The van der Waals surface area contributed by atoms with Gasteiger partial charge in [0.2, 0.25) is 0 Å². The van der Waals surface area contributed by atoms with Crippen molar-refractivity contribution < 1.29 is 14.3 Å². The minimum atomic E-state index is -0.0743. The van der Waals surface area contributed by atoms with Crippen molar-refractivity contribution in [3.05, 3.63) is 54.1 Å². The summed E-state index contributed by atoms with van der Waals surface area (Å²) in [5.41, 5.74) is 1.91. The molecule has 2 aromatic rings. The Labute approximate surface area is 142 Å². The summed E-state index contributed by atoms with van der Waals surface area (Å²) in [4.78, 5) is 13.9. The second-order valence-corrected chi connectivity index (χ2v) is 6.10. The number of anilines is 1. The molecule has 2 aromatic carbocycles. The first-order valence-electron chi connectivity index (χ1n) is 8.03. The molecular weight excluding hydrogens is 304 g/mol. The molecule has 1 aliphatic rings. The van der Waals surface area contributed by atoms with Gasteiger partial charge in [0.15, 0.2) is 0 Å². The lowest BCUT2D eigenvalue weighted by atomic mass is 10.0. The second-order valence-electron chi connectivity index (χ2n) is 6.10. The van der Waals surface area contributed by atoms with Crippen molar-refractivity contribution in [3.8, 4) is 11.5 Å².